The van der Waals surface area contributed by atoms with Crippen molar-refractivity contribution < 1.29 is 73.1 Å². The molecule has 0 aliphatic rings. The van der Waals surface area contributed by atoms with E-state index in [4.69, 9.17) is 23.3 Å². The fourth-order valence-corrected chi connectivity index (χ4v) is 8.32. The second kappa shape index (κ2) is 26.1. The van der Waals surface area contributed by atoms with Gasteiger partial charge in [-0.15, -0.1) is 8.42 Å². The molecule has 0 aliphatic carbocycles. The van der Waals surface area contributed by atoms with Crippen molar-refractivity contribution in [3.8, 4) is 84.8 Å². The van der Waals surface area contributed by atoms with Crippen LogP contribution in [0.1, 0.15) is 22.3 Å². The summed E-state index contributed by atoms with van der Waals surface area (Å²) in [5, 5.41) is 18.2. The molecule has 15 nitrogen and oxygen atoms in total. The molecular formula is C53H52F2O15S4. The summed E-state index contributed by atoms with van der Waals surface area (Å²) in [6, 6.07) is 51.5. The topological polar surface area (TPSA) is 223 Å². The van der Waals surface area contributed by atoms with E-state index in [1.54, 1.807) is 79.9 Å². The molecule has 392 valence electrons. The molecule has 0 atom stereocenters. The number of phenolic OH excluding ortho intramolecular Hbond substituents is 2. The number of halogens is 2. The van der Waals surface area contributed by atoms with Crippen LogP contribution in [0.15, 0.2) is 199 Å². The first kappa shape index (κ1) is 60.3. The van der Waals surface area contributed by atoms with Crippen LogP contribution in [0, 0.1) is 0 Å². The molecule has 8 aromatic rings. The molecule has 0 aromatic heterocycles. The van der Waals surface area contributed by atoms with Crippen molar-refractivity contribution in [3.63, 3.8) is 0 Å². The quantitative estimate of drug-likeness (QED) is 0.0966. The minimum Gasteiger partial charge on any atom is -0.508 e. The molecule has 74 heavy (non-hydrogen) atoms. The molecule has 0 bridgehead atoms. The van der Waals surface area contributed by atoms with Gasteiger partial charge in [-0.3, -0.25) is 0 Å². The first-order chi connectivity index (χ1) is 33.5. The summed E-state index contributed by atoms with van der Waals surface area (Å²) < 4.78 is 137. The maximum Gasteiger partial charge on any atom is 0.500 e. The van der Waals surface area contributed by atoms with Gasteiger partial charge in [0, 0.05) is 6.26 Å². The molecule has 0 spiro atoms. The lowest BCUT2D eigenvalue weighted by atomic mass is 10.1. The molecule has 0 saturated heterocycles. The molecule has 8 rings (SSSR count). The van der Waals surface area contributed by atoms with Crippen molar-refractivity contribution >= 4 is 41.2 Å². The van der Waals surface area contributed by atoms with Gasteiger partial charge in [0.15, 0.2) is 9.84 Å². The number of benzene rings is 8. The van der Waals surface area contributed by atoms with E-state index in [-0.39, 0.29) is 61.7 Å². The maximum atomic E-state index is 12.4. The van der Waals surface area contributed by atoms with Gasteiger partial charge in [0.05, 0.1) is 12.0 Å². The lowest BCUT2D eigenvalue weighted by Gasteiger charge is -2.10. The Morgan fingerprint density at radius 2 is 0.527 bits per heavy atom. The predicted octanol–water partition coefficient (Wildman–Crippen LogP) is 12.3. The summed E-state index contributed by atoms with van der Waals surface area (Å²) in [5.41, 5.74) is 6.63. The molecule has 21 heteroatoms. The van der Waals surface area contributed by atoms with Crippen LogP contribution in [0.2, 0.25) is 0 Å². The van der Waals surface area contributed by atoms with E-state index < -0.39 is 41.2 Å². The summed E-state index contributed by atoms with van der Waals surface area (Å²) in [4.78, 5) is 0.224. The van der Waals surface area contributed by atoms with Gasteiger partial charge in [0.2, 0.25) is 0 Å². The molecule has 0 radical (unpaired) electrons. The summed E-state index contributed by atoms with van der Waals surface area (Å²) in [5.74, 6) is 1.06. The Labute approximate surface area is 431 Å². The van der Waals surface area contributed by atoms with Gasteiger partial charge < -0.3 is 31.7 Å². The largest absolute Gasteiger partial charge is 0.508 e. The molecule has 0 fully saturated rings. The van der Waals surface area contributed by atoms with E-state index in [0.29, 0.717) is 11.1 Å². The number of hydrogen-bond donors (Lipinski definition) is 2. The van der Waals surface area contributed by atoms with Crippen molar-refractivity contribution in [1.29, 1.82) is 0 Å². The van der Waals surface area contributed by atoms with Crippen molar-refractivity contribution in [3.05, 3.63) is 194 Å². The summed E-state index contributed by atoms with van der Waals surface area (Å²) in [7, 11) is -16.2. The summed E-state index contributed by atoms with van der Waals surface area (Å²) in [6.07, 6.45) is 1.14. The molecule has 0 aliphatic heterocycles. The van der Waals surface area contributed by atoms with Gasteiger partial charge in [-0.25, -0.2) is 8.42 Å². The third-order valence-corrected chi connectivity index (χ3v) is 12.4. The minimum absolute atomic E-state index is 0. The van der Waals surface area contributed by atoms with Crippen LogP contribution in [0.5, 0.6) is 40.2 Å². The van der Waals surface area contributed by atoms with Gasteiger partial charge in [-0.2, -0.15) is 16.8 Å². The smallest absolute Gasteiger partial charge is 0.500 e. The van der Waals surface area contributed by atoms with Crippen molar-refractivity contribution in [2.45, 2.75) is 27.2 Å². The summed E-state index contributed by atoms with van der Waals surface area (Å²) >= 11 is 0. The molecular weight excluding hydrogens is 1040 g/mol. The first-order valence-corrected chi connectivity index (χ1v) is 26.2. The highest BCUT2D eigenvalue weighted by molar-refractivity contribution is 7.90. The van der Waals surface area contributed by atoms with Crippen LogP contribution >= 0.6 is 0 Å². The Balaban J connectivity index is 0.000000317. The fourth-order valence-electron chi connectivity index (χ4n) is 6.28. The third-order valence-electron chi connectivity index (χ3n) is 9.65. The van der Waals surface area contributed by atoms with Crippen molar-refractivity contribution in [1.82, 2.24) is 0 Å². The SMILES string of the molecule is C.C.C.COc1ccc(-c2ccc(OS(=O)(=O)Oc3ccc(-c4ccc(S(C)(=O)=O)cc4)cc3)cc2)cc1.O=S(=O)(F)Oc1ccc(-c2ccc(OS(=O)(=O)F)cc2)cc1.Oc1ccc(-c2ccc(O)cc2)cc1. The van der Waals surface area contributed by atoms with E-state index in [1.165, 1.54) is 72.8 Å². The number of rotatable bonds is 14. The number of phenols is 2. The van der Waals surface area contributed by atoms with Gasteiger partial charge in [0.1, 0.15) is 40.2 Å². The van der Waals surface area contributed by atoms with Gasteiger partial charge >= 0.3 is 31.4 Å². The van der Waals surface area contributed by atoms with E-state index in [9.17, 15) is 41.4 Å². The number of hydrogen-bond acceptors (Lipinski definition) is 15. The first-order valence-electron chi connectivity index (χ1n) is 20.4. The van der Waals surface area contributed by atoms with E-state index in [0.717, 1.165) is 45.4 Å². The van der Waals surface area contributed by atoms with Gasteiger partial charge in [0.25, 0.3) is 0 Å². The second-order valence-electron chi connectivity index (χ2n) is 14.7. The lowest BCUT2D eigenvalue weighted by molar-refractivity contribution is 0.392. The average Bonchev–Trinajstić information content (AvgIpc) is 3.32. The van der Waals surface area contributed by atoms with Gasteiger partial charge in [-0.05, 0) is 142 Å². The monoisotopic (exact) mass is 1090 g/mol. The molecule has 0 heterocycles. The van der Waals surface area contributed by atoms with Crippen LogP contribution in [0.3, 0.4) is 0 Å². The number of sulfone groups is 1. The molecule has 0 amide bonds. The normalized spacial score (nSPS) is 10.9. The highest BCUT2D eigenvalue weighted by Gasteiger charge is 2.17. The van der Waals surface area contributed by atoms with Crippen LogP contribution in [-0.4, -0.2) is 57.2 Å². The Hall–Kier alpha value is -7.98. The zero-order valence-electron chi connectivity index (χ0n) is 37.1. The Morgan fingerprint density at radius 3 is 0.743 bits per heavy atom. The highest BCUT2D eigenvalue weighted by atomic mass is 32.3. The van der Waals surface area contributed by atoms with E-state index in [1.807, 2.05) is 48.5 Å². The summed E-state index contributed by atoms with van der Waals surface area (Å²) in [6.45, 7) is 0. The zero-order valence-corrected chi connectivity index (χ0v) is 40.3. The highest BCUT2D eigenvalue weighted by Crippen LogP contribution is 2.29. The molecule has 0 saturated carbocycles. The second-order valence-corrected chi connectivity index (χ2v) is 19.8. The Morgan fingerprint density at radius 1 is 0.324 bits per heavy atom. The number of methoxy groups -OCH3 is 1. The Kier molecular flexibility index (Phi) is 21.3. The third kappa shape index (κ3) is 18.9. The maximum absolute atomic E-state index is 12.4. The van der Waals surface area contributed by atoms with Crippen LogP contribution in [0.25, 0.3) is 44.5 Å². The van der Waals surface area contributed by atoms with Crippen LogP contribution in [-0.2, 0) is 41.2 Å². The van der Waals surface area contributed by atoms with Crippen LogP contribution < -0.4 is 21.5 Å². The van der Waals surface area contributed by atoms with Crippen LogP contribution in [0.4, 0.5) is 7.77 Å². The standard InChI is InChI=1S/C26H22O7S2.C12H8F2O6S2.C12H10O2.3CH4/c1-31-23-11-3-19(4-12-23)20-5-13-24(14-6-20)32-35(29,30)33-25-15-7-21(8-16-25)22-9-17-26(18-10-22)34(2,27)28;13-21(15,16)19-11-5-1-9(2-6-11)10-3-7-12(8-4-10)20-22(14,17)18;13-11-5-1-9(2-6-11)10-3-7-12(14)8-4-10;;;/h3-18H,1-2H3;1-8H;1-8,13-14H;3*1H4. The zero-order chi connectivity index (χ0) is 51.4. The van der Waals surface area contributed by atoms with E-state index in [2.05, 4.69) is 8.37 Å². The van der Waals surface area contributed by atoms with Gasteiger partial charge in [-0.1, -0.05) is 127 Å². The Bertz CT molecular complexity index is 3370. The lowest BCUT2D eigenvalue weighted by Crippen LogP contribution is -2.16. The van der Waals surface area contributed by atoms with Crippen molar-refractivity contribution in [2.24, 2.45) is 0 Å². The van der Waals surface area contributed by atoms with Crippen molar-refractivity contribution in [2.75, 3.05) is 13.4 Å². The molecule has 8 aromatic carbocycles. The predicted molar refractivity (Wildman–Crippen MR) is 282 cm³/mol. The minimum atomic E-state index is -5.09. The molecule has 2 N–H and O–H groups in total. The molecule has 0 unspecified atom stereocenters. The number of ether oxygens (including phenoxy) is 1. The average molecular weight is 1100 g/mol. The fraction of sp³-hybridized carbons (Fsp3) is 0.0943. The van der Waals surface area contributed by atoms with E-state index >= 15 is 0 Å². The number of aromatic hydroxyl groups is 2.